The van der Waals surface area contributed by atoms with Crippen LogP contribution in [0, 0.1) is 0 Å². The number of aromatic carboxylic acids is 1. The van der Waals surface area contributed by atoms with Gasteiger partial charge in [0.25, 0.3) is 0 Å². The molecule has 5 nitrogen and oxygen atoms in total. The molecule has 0 bridgehead atoms. The Kier molecular flexibility index (Phi) is 2.26. The fourth-order valence-electron chi connectivity index (χ4n) is 1.88. The van der Waals surface area contributed by atoms with E-state index in [4.69, 9.17) is 9.84 Å². The number of nitrogens with zero attached hydrogens (tertiary/aromatic N) is 1. The Morgan fingerprint density at radius 2 is 2.33 bits per heavy atom. The lowest BCUT2D eigenvalue weighted by Gasteiger charge is -2.22. The van der Waals surface area contributed by atoms with Crippen molar-refractivity contribution in [1.29, 1.82) is 0 Å². The van der Waals surface area contributed by atoms with E-state index in [1.165, 1.54) is 0 Å². The average Bonchev–Trinajstić information content (AvgIpc) is 2.41. The van der Waals surface area contributed by atoms with Gasteiger partial charge in [-0.05, 0) is 13.8 Å². The molecular formula is C10H14N2O3. The lowest BCUT2D eigenvalue weighted by Crippen LogP contribution is -2.27. The lowest BCUT2D eigenvalue weighted by atomic mass is 9.97. The molecule has 1 aliphatic rings. The molecule has 2 heterocycles. The van der Waals surface area contributed by atoms with Gasteiger partial charge in [0.2, 0.25) is 0 Å². The summed E-state index contributed by atoms with van der Waals surface area (Å²) in [5, 5.41) is 15.6. The first-order valence-electron chi connectivity index (χ1n) is 4.93. The molecule has 82 valence electrons. The van der Waals surface area contributed by atoms with E-state index in [1.807, 2.05) is 13.8 Å². The molecule has 0 saturated heterocycles. The van der Waals surface area contributed by atoms with Crippen molar-refractivity contribution in [2.45, 2.75) is 32.3 Å². The first-order chi connectivity index (χ1) is 6.99. The molecule has 0 aliphatic carbocycles. The van der Waals surface area contributed by atoms with Crippen molar-refractivity contribution in [2.75, 3.05) is 6.61 Å². The fourth-order valence-corrected chi connectivity index (χ4v) is 1.88. The SMILES string of the molecule is CC1(C)Cc2c(C(=O)O)n[nH]c2CCO1. The first-order valence-corrected chi connectivity index (χ1v) is 4.93. The topological polar surface area (TPSA) is 75.2 Å². The molecule has 2 rings (SSSR count). The van der Waals surface area contributed by atoms with Gasteiger partial charge in [0.15, 0.2) is 5.69 Å². The quantitative estimate of drug-likeness (QED) is 0.725. The second-order valence-electron chi connectivity index (χ2n) is 4.37. The number of H-pyrrole nitrogens is 1. The van der Waals surface area contributed by atoms with E-state index in [1.54, 1.807) is 0 Å². The van der Waals surface area contributed by atoms with Crippen LogP contribution < -0.4 is 0 Å². The predicted octanol–water partition coefficient (Wildman–Crippen LogP) is 1.00. The minimum Gasteiger partial charge on any atom is -0.476 e. The van der Waals surface area contributed by atoms with E-state index >= 15 is 0 Å². The zero-order valence-corrected chi connectivity index (χ0v) is 8.83. The summed E-state index contributed by atoms with van der Waals surface area (Å²) in [6.45, 7) is 4.52. The smallest absolute Gasteiger partial charge is 0.356 e. The van der Waals surface area contributed by atoms with Crippen LogP contribution in [-0.2, 0) is 17.6 Å². The van der Waals surface area contributed by atoms with Gasteiger partial charge in [0.05, 0.1) is 12.2 Å². The highest BCUT2D eigenvalue weighted by atomic mass is 16.5. The van der Waals surface area contributed by atoms with E-state index < -0.39 is 5.97 Å². The van der Waals surface area contributed by atoms with Gasteiger partial charge in [-0.25, -0.2) is 4.79 Å². The summed E-state index contributed by atoms with van der Waals surface area (Å²) in [7, 11) is 0. The second kappa shape index (κ2) is 3.34. The minimum absolute atomic E-state index is 0.128. The van der Waals surface area contributed by atoms with Gasteiger partial charge in [-0.15, -0.1) is 0 Å². The maximum absolute atomic E-state index is 10.9. The van der Waals surface area contributed by atoms with Crippen LogP contribution in [0.4, 0.5) is 0 Å². The molecule has 0 amide bonds. The summed E-state index contributed by atoms with van der Waals surface area (Å²) >= 11 is 0. The molecule has 2 N–H and O–H groups in total. The number of rotatable bonds is 1. The van der Waals surface area contributed by atoms with Crippen LogP contribution in [0.25, 0.3) is 0 Å². The second-order valence-corrected chi connectivity index (χ2v) is 4.37. The number of carboxylic acids is 1. The van der Waals surface area contributed by atoms with E-state index in [-0.39, 0.29) is 11.3 Å². The van der Waals surface area contributed by atoms with Gasteiger partial charge in [-0.3, -0.25) is 5.10 Å². The number of ether oxygens (including phenoxy) is 1. The number of carboxylic acid groups (broad SMARTS) is 1. The van der Waals surface area contributed by atoms with E-state index in [0.717, 1.165) is 11.3 Å². The van der Waals surface area contributed by atoms with Gasteiger partial charge in [0.1, 0.15) is 0 Å². The highest BCUT2D eigenvalue weighted by Crippen LogP contribution is 2.25. The van der Waals surface area contributed by atoms with Crippen molar-refractivity contribution in [2.24, 2.45) is 0 Å². The van der Waals surface area contributed by atoms with Crippen LogP contribution in [0.1, 0.15) is 35.6 Å². The summed E-state index contributed by atoms with van der Waals surface area (Å²) in [4.78, 5) is 10.9. The van der Waals surface area contributed by atoms with Crippen molar-refractivity contribution in [3.63, 3.8) is 0 Å². The average molecular weight is 210 g/mol. The maximum atomic E-state index is 10.9. The summed E-state index contributed by atoms with van der Waals surface area (Å²) < 4.78 is 5.63. The predicted molar refractivity (Wildman–Crippen MR) is 53.0 cm³/mol. The van der Waals surface area contributed by atoms with Crippen LogP contribution in [0.5, 0.6) is 0 Å². The molecule has 0 unspecified atom stereocenters. The van der Waals surface area contributed by atoms with Crippen molar-refractivity contribution in [3.05, 3.63) is 17.0 Å². The molecule has 5 heteroatoms. The molecule has 0 spiro atoms. The largest absolute Gasteiger partial charge is 0.476 e. The van der Waals surface area contributed by atoms with Gasteiger partial charge in [0, 0.05) is 24.1 Å². The third-order valence-electron chi connectivity index (χ3n) is 2.60. The Labute approximate surface area is 87.4 Å². The monoisotopic (exact) mass is 210 g/mol. The van der Waals surface area contributed by atoms with Gasteiger partial charge in [-0.2, -0.15) is 5.10 Å². The summed E-state index contributed by atoms with van der Waals surface area (Å²) in [5.41, 5.74) is 1.48. The zero-order valence-electron chi connectivity index (χ0n) is 8.83. The van der Waals surface area contributed by atoms with E-state index in [2.05, 4.69) is 10.2 Å². The molecule has 0 aromatic carbocycles. The maximum Gasteiger partial charge on any atom is 0.356 e. The highest BCUT2D eigenvalue weighted by Gasteiger charge is 2.29. The number of carbonyl (C=O) groups is 1. The first kappa shape index (κ1) is 10.2. The standard InChI is InChI=1S/C10H14N2O3/c1-10(2)5-6-7(3-4-15-10)11-12-8(6)9(13)14/h3-5H2,1-2H3,(H,11,12)(H,13,14). The Morgan fingerprint density at radius 1 is 1.60 bits per heavy atom. The van der Waals surface area contributed by atoms with Crippen molar-refractivity contribution in [1.82, 2.24) is 10.2 Å². The van der Waals surface area contributed by atoms with E-state index in [9.17, 15) is 4.79 Å². The van der Waals surface area contributed by atoms with Crippen molar-refractivity contribution >= 4 is 5.97 Å². The van der Waals surface area contributed by atoms with Crippen LogP contribution in [0.2, 0.25) is 0 Å². The van der Waals surface area contributed by atoms with Crippen LogP contribution in [0.3, 0.4) is 0 Å². The van der Waals surface area contributed by atoms with Crippen molar-refractivity contribution < 1.29 is 14.6 Å². The number of aromatic amines is 1. The Morgan fingerprint density at radius 3 is 3.00 bits per heavy atom. The van der Waals surface area contributed by atoms with Gasteiger partial charge < -0.3 is 9.84 Å². The summed E-state index contributed by atoms with van der Waals surface area (Å²) in [6, 6.07) is 0. The summed E-state index contributed by atoms with van der Waals surface area (Å²) in [5.74, 6) is -0.981. The van der Waals surface area contributed by atoms with Gasteiger partial charge in [-0.1, -0.05) is 0 Å². The number of aromatic nitrogens is 2. The molecule has 1 aromatic heterocycles. The number of hydrogen-bond acceptors (Lipinski definition) is 3. The Hall–Kier alpha value is -1.36. The van der Waals surface area contributed by atoms with Crippen LogP contribution >= 0.6 is 0 Å². The minimum atomic E-state index is -0.981. The number of fused-ring (bicyclic) bond motifs is 1. The molecule has 1 aromatic rings. The Bertz CT molecular complexity index is 395. The van der Waals surface area contributed by atoms with Crippen LogP contribution in [-0.4, -0.2) is 33.5 Å². The molecule has 0 atom stereocenters. The normalized spacial score (nSPS) is 19.3. The molecule has 0 saturated carbocycles. The summed E-state index contributed by atoms with van der Waals surface area (Å²) in [6.07, 6.45) is 1.28. The zero-order chi connectivity index (χ0) is 11.1. The molecule has 1 aliphatic heterocycles. The van der Waals surface area contributed by atoms with Crippen molar-refractivity contribution in [3.8, 4) is 0 Å². The molecule has 0 fully saturated rings. The van der Waals surface area contributed by atoms with Crippen LogP contribution in [0.15, 0.2) is 0 Å². The highest BCUT2D eigenvalue weighted by molar-refractivity contribution is 5.87. The molecule has 0 radical (unpaired) electrons. The number of hydrogen-bond donors (Lipinski definition) is 2. The van der Waals surface area contributed by atoms with Gasteiger partial charge >= 0.3 is 5.97 Å². The third-order valence-corrected chi connectivity index (χ3v) is 2.60. The molecular weight excluding hydrogens is 196 g/mol. The number of nitrogens with one attached hydrogen (secondary N) is 1. The third kappa shape index (κ3) is 1.87. The lowest BCUT2D eigenvalue weighted by molar-refractivity contribution is -0.0107. The Balaban J connectivity index is 2.43. The molecule has 15 heavy (non-hydrogen) atoms. The van der Waals surface area contributed by atoms with E-state index in [0.29, 0.717) is 19.4 Å². The fraction of sp³-hybridized carbons (Fsp3) is 0.600.